The summed E-state index contributed by atoms with van der Waals surface area (Å²) in [6.07, 6.45) is 1.61. The average molecular weight is 393 g/mol. The van der Waals surface area contributed by atoms with Gasteiger partial charge in [-0.3, -0.25) is 4.72 Å². The fraction of sp³-hybridized carbons (Fsp3) is 0.111. The fourth-order valence-corrected chi connectivity index (χ4v) is 3.82. The van der Waals surface area contributed by atoms with E-state index >= 15 is 0 Å². The number of furan rings is 1. The van der Waals surface area contributed by atoms with Crippen molar-refractivity contribution in [3.05, 3.63) is 71.6 Å². The number of ether oxygens (including phenoxy) is 1. The second-order valence-electron chi connectivity index (χ2n) is 5.41. The summed E-state index contributed by atoms with van der Waals surface area (Å²) < 4.78 is 38.1. The van der Waals surface area contributed by atoms with E-state index in [4.69, 9.17) is 20.8 Å². The number of nitrogens with one attached hydrogen (secondary N) is 2. The smallest absolute Gasteiger partial charge is 0.265 e. The van der Waals surface area contributed by atoms with Crippen molar-refractivity contribution in [1.29, 1.82) is 0 Å². The highest BCUT2D eigenvalue weighted by atomic mass is 35.5. The van der Waals surface area contributed by atoms with Gasteiger partial charge in [-0.15, -0.1) is 0 Å². The van der Waals surface area contributed by atoms with Gasteiger partial charge in [-0.25, -0.2) is 8.42 Å². The number of rotatable bonds is 7. The van der Waals surface area contributed by atoms with Gasteiger partial charge in [-0.1, -0.05) is 11.6 Å². The summed E-state index contributed by atoms with van der Waals surface area (Å²) in [6, 6.07) is 15.0. The molecule has 1 aromatic heterocycles. The van der Waals surface area contributed by atoms with E-state index in [1.807, 2.05) is 12.1 Å². The van der Waals surface area contributed by atoms with Crippen LogP contribution >= 0.6 is 11.6 Å². The van der Waals surface area contributed by atoms with Crippen LogP contribution in [0.1, 0.15) is 5.76 Å². The van der Waals surface area contributed by atoms with Crippen LogP contribution in [0.4, 0.5) is 11.4 Å². The number of sulfonamides is 1. The van der Waals surface area contributed by atoms with Crippen LogP contribution in [-0.4, -0.2) is 15.5 Å². The minimum Gasteiger partial charge on any atom is -0.495 e. The predicted molar refractivity (Wildman–Crippen MR) is 101 cm³/mol. The largest absolute Gasteiger partial charge is 0.495 e. The summed E-state index contributed by atoms with van der Waals surface area (Å²) in [6.45, 7) is 0.539. The van der Waals surface area contributed by atoms with Crippen LogP contribution in [0, 0.1) is 0 Å². The number of anilines is 2. The van der Waals surface area contributed by atoms with Crippen molar-refractivity contribution in [2.75, 3.05) is 17.1 Å². The van der Waals surface area contributed by atoms with Gasteiger partial charge < -0.3 is 14.5 Å². The first-order chi connectivity index (χ1) is 12.5. The Morgan fingerprint density at radius 3 is 2.46 bits per heavy atom. The molecule has 1 heterocycles. The minimum atomic E-state index is -3.83. The molecule has 0 aliphatic rings. The molecule has 0 saturated heterocycles. The zero-order chi connectivity index (χ0) is 18.6. The first-order valence-electron chi connectivity index (χ1n) is 7.70. The van der Waals surface area contributed by atoms with Gasteiger partial charge in [0.05, 0.1) is 19.9 Å². The van der Waals surface area contributed by atoms with Crippen LogP contribution in [0.15, 0.2) is 70.2 Å². The van der Waals surface area contributed by atoms with Crippen LogP contribution in [0.5, 0.6) is 5.75 Å². The van der Waals surface area contributed by atoms with Crippen LogP contribution < -0.4 is 14.8 Å². The molecule has 3 aromatic rings. The van der Waals surface area contributed by atoms with Gasteiger partial charge in [0.1, 0.15) is 16.4 Å². The molecule has 8 heteroatoms. The van der Waals surface area contributed by atoms with Crippen molar-refractivity contribution >= 4 is 33.0 Å². The Hall–Kier alpha value is -2.64. The molecule has 26 heavy (non-hydrogen) atoms. The zero-order valence-corrected chi connectivity index (χ0v) is 15.5. The maximum Gasteiger partial charge on any atom is 0.265 e. The molecule has 3 rings (SSSR count). The molecule has 2 N–H and O–H groups in total. The van der Waals surface area contributed by atoms with E-state index in [1.165, 1.54) is 19.2 Å². The van der Waals surface area contributed by atoms with Gasteiger partial charge in [-0.2, -0.15) is 0 Å². The lowest BCUT2D eigenvalue weighted by Gasteiger charge is -2.12. The minimum absolute atomic E-state index is 0.0208. The highest BCUT2D eigenvalue weighted by molar-refractivity contribution is 7.92. The van der Waals surface area contributed by atoms with Gasteiger partial charge in [0.15, 0.2) is 0 Å². The Morgan fingerprint density at radius 2 is 1.81 bits per heavy atom. The molecule has 0 amide bonds. The summed E-state index contributed by atoms with van der Waals surface area (Å²) in [7, 11) is -2.43. The second-order valence-corrected chi connectivity index (χ2v) is 7.50. The Labute approximate surface area is 156 Å². The molecule has 0 aliphatic heterocycles. The summed E-state index contributed by atoms with van der Waals surface area (Å²) in [4.78, 5) is -0.0208. The quantitative estimate of drug-likeness (QED) is 0.624. The summed E-state index contributed by atoms with van der Waals surface area (Å²) in [5.41, 5.74) is 1.26. The average Bonchev–Trinajstić information content (AvgIpc) is 3.14. The molecule has 0 bridgehead atoms. The Bertz CT molecular complexity index is 971. The van der Waals surface area contributed by atoms with Gasteiger partial charge in [0.25, 0.3) is 10.0 Å². The van der Waals surface area contributed by atoms with E-state index in [1.54, 1.807) is 36.6 Å². The van der Waals surface area contributed by atoms with Crippen molar-refractivity contribution in [3.63, 3.8) is 0 Å². The van der Waals surface area contributed by atoms with Crippen molar-refractivity contribution < 1.29 is 17.6 Å². The van der Waals surface area contributed by atoms with Crippen molar-refractivity contribution in [2.24, 2.45) is 0 Å². The number of methoxy groups -OCH3 is 1. The van der Waals surface area contributed by atoms with E-state index in [-0.39, 0.29) is 10.6 Å². The van der Waals surface area contributed by atoms with Crippen molar-refractivity contribution in [2.45, 2.75) is 11.4 Å². The zero-order valence-electron chi connectivity index (χ0n) is 13.9. The molecule has 6 nitrogen and oxygen atoms in total. The third-order valence-electron chi connectivity index (χ3n) is 3.60. The molecule has 0 fully saturated rings. The standard InChI is InChI=1S/C18H17ClN2O4S/c1-24-17-9-4-13(19)11-18(17)26(22,23)21-15-7-5-14(6-8-15)20-12-16-3-2-10-25-16/h2-11,20-21H,12H2,1H3. The number of hydrogen-bond donors (Lipinski definition) is 2. The predicted octanol–water partition coefficient (Wildman–Crippen LogP) is 4.35. The molecule has 0 unspecified atom stereocenters. The van der Waals surface area contributed by atoms with E-state index in [0.29, 0.717) is 17.3 Å². The molecular weight excluding hydrogens is 376 g/mol. The topological polar surface area (TPSA) is 80.6 Å². The maximum absolute atomic E-state index is 12.6. The van der Waals surface area contributed by atoms with E-state index < -0.39 is 10.0 Å². The molecule has 0 spiro atoms. The van der Waals surface area contributed by atoms with Gasteiger partial charge in [0, 0.05) is 16.4 Å². The normalized spacial score (nSPS) is 11.2. The molecule has 0 radical (unpaired) electrons. The first-order valence-corrected chi connectivity index (χ1v) is 9.57. The lowest BCUT2D eigenvalue weighted by molar-refractivity contribution is 0.403. The SMILES string of the molecule is COc1ccc(Cl)cc1S(=O)(=O)Nc1ccc(NCc2ccco2)cc1. The van der Waals surface area contributed by atoms with E-state index in [9.17, 15) is 8.42 Å². The molecule has 136 valence electrons. The van der Waals surface area contributed by atoms with Crippen LogP contribution in [0.3, 0.4) is 0 Å². The van der Waals surface area contributed by atoms with Gasteiger partial charge >= 0.3 is 0 Å². The van der Waals surface area contributed by atoms with E-state index in [2.05, 4.69) is 10.0 Å². The lowest BCUT2D eigenvalue weighted by atomic mass is 10.3. The Balaban J connectivity index is 1.73. The van der Waals surface area contributed by atoms with Crippen LogP contribution in [0.2, 0.25) is 5.02 Å². The Morgan fingerprint density at radius 1 is 1.08 bits per heavy atom. The Kier molecular flexibility index (Phi) is 5.39. The summed E-state index contributed by atoms with van der Waals surface area (Å²) in [5, 5.41) is 3.50. The highest BCUT2D eigenvalue weighted by Crippen LogP contribution is 2.29. The van der Waals surface area contributed by atoms with Gasteiger partial charge in [0.2, 0.25) is 0 Å². The monoisotopic (exact) mass is 392 g/mol. The lowest BCUT2D eigenvalue weighted by Crippen LogP contribution is -2.14. The van der Waals surface area contributed by atoms with Crippen LogP contribution in [0.25, 0.3) is 0 Å². The highest BCUT2D eigenvalue weighted by Gasteiger charge is 2.20. The molecule has 0 saturated carbocycles. The van der Waals surface area contributed by atoms with Crippen molar-refractivity contribution in [1.82, 2.24) is 0 Å². The summed E-state index contributed by atoms with van der Waals surface area (Å²) in [5.74, 6) is 1.03. The first kappa shape index (κ1) is 18.2. The number of hydrogen-bond acceptors (Lipinski definition) is 5. The van der Waals surface area contributed by atoms with Crippen LogP contribution in [-0.2, 0) is 16.6 Å². The molecule has 0 aliphatic carbocycles. The van der Waals surface area contributed by atoms with Gasteiger partial charge in [-0.05, 0) is 54.6 Å². The number of benzene rings is 2. The van der Waals surface area contributed by atoms with Crippen molar-refractivity contribution in [3.8, 4) is 5.75 Å². The number of halogens is 1. The van der Waals surface area contributed by atoms with E-state index in [0.717, 1.165) is 11.4 Å². The fourth-order valence-electron chi connectivity index (χ4n) is 2.33. The second kappa shape index (κ2) is 7.72. The molecule has 2 aromatic carbocycles. The molecular formula is C18H17ClN2O4S. The third-order valence-corrected chi connectivity index (χ3v) is 5.24. The maximum atomic E-state index is 12.6. The third kappa shape index (κ3) is 4.30. The molecule has 0 atom stereocenters. The summed E-state index contributed by atoms with van der Waals surface area (Å²) >= 11 is 5.92.